The molecule has 4 heteroatoms. The maximum Gasteiger partial charge on any atom is 0.495 e. The normalized spacial score (nSPS) is 34.7. The van der Waals surface area contributed by atoms with Crippen LogP contribution in [0.1, 0.15) is 33.1 Å². The Morgan fingerprint density at radius 2 is 1.94 bits per heavy atom. The highest BCUT2D eigenvalue weighted by Crippen LogP contribution is 2.50. The maximum atomic E-state index is 12.0. The monoisotopic (exact) mass is 244 g/mol. The van der Waals surface area contributed by atoms with Gasteiger partial charge in [-0.1, -0.05) is 30.3 Å². The molecule has 1 saturated heterocycles. The van der Waals surface area contributed by atoms with E-state index in [1.165, 1.54) is 0 Å². The van der Waals surface area contributed by atoms with E-state index in [-0.39, 0.29) is 5.78 Å². The number of carbonyl (C=O) groups is 1. The quantitative estimate of drug-likeness (QED) is 0.743. The summed E-state index contributed by atoms with van der Waals surface area (Å²) < 4.78 is 12.1. The van der Waals surface area contributed by atoms with Gasteiger partial charge in [-0.05, 0) is 38.6 Å². The Labute approximate surface area is 108 Å². The molecule has 0 amide bonds. The van der Waals surface area contributed by atoms with E-state index in [4.69, 9.17) is 9.31 Å². The van der Waals surface area contributed by atoms with E-state index in [1.807, 2.05) is 37.3 Å². The first-order valence-electron chi connectivity index (χ1n) is 6.49. The standard InChI is InChI=1S/C14H17BO3/c1-11(16)14-10-6-9-13(14,2)17-15(18-14)12-7-4-3-5-8-12/h3-5,7-8H,6,9-10H2,1-2H3/t13-,14-/m0/s1. The second kappa shape index (κ2) is 3.94. The summed E-state index contributed by atoms with van der Waals surface area (Å²) in [4.78, 5) is 12.0. The van der Waals surface area contributed by atoms with Crippen LogP contribution in [0, 0.1) is 0 Å². The second-order valence-electron chi connectivity index (χ2n) is 5.45. The van der Waals surface area contributed by atoms with Crippen LogP contribution in [0.25, 0.3) is 0 Å². The fraction of sp³-hybridized carbons (Fsp3) is 0.500. The molecule has 1 aromatic rings. The average molecular weight is 244 g/mol. The summed E-state index contributed by atoms with van der Waals surface area (Å²) in [6.45, 7) is 3.62. The summed E-state index contributed by atoms with van der Waals surface area (Å²) in [6, 6.07) is 9.82. The molecule has 18 heavy (non-hydrogen) atoms. The van der Waals surface area contributed by atoms with Gasteiger partial charge in [-0.15, -0.1) is 0 Å². The highest BCUT2D eigenvalue weighted by atomic mass is 16.7. The topological polar surface area (TPSA) is 35.5 Å². The van der Waals surface area contributed by atoms with Crippen LogP contribution in [0.5, 0.6) is 0 Å². The predicted molar refractivity (Wildman–Crippen MR) is 69.7 cm³/mol. The number of benzene rings is 1. The SMILES string of the molecule is CC(=O)[C@@]12CCC[C@]1(C)OB(c1ccccc1)O2. The van der Waals surface area contributed by atoms with Gasteiger partial charge in [-0.3, -0.25) is 4.79 Å². The van der Waals surface area contributed by atoms with Crippen LogP contribution in [0.15, 0.2) is 30.3 Å². The van der Waals surface area contributed by atoms with E-state index in [1.54, 1.807) is 6.92 Å². The minimum Gasteiger partial charge on any atom is -0.399 e. The van der Waals surface area contributed by atoms with Crippen molar-refractivity contribution in [3.63, 3.8) is 0 Å². The molecule has 1 saturated carbocycles. The highest BCUT2D eigenvalue weighted by Gasteiger charge is 2.64. The molecule has 0 radical (unpaired) electrons. The highest BCUT2D eigenvalue weighted by molar-refractivity contribution is 6.62. The molecule has 1 aromatic carbocycles. The van der Waals surface area contributed by atoms with Crippen molar-refractivity contribution in [2.24, 2.45) is 0 Å². The molecule has 2 fully saturated rings. The van der Waals surface area contributed by atoms with E-state index in [2.05, 4.69) is 0 Å². The molecule has 3 rings (SSSR count). The minimum absolute atomic E-state index is 0.0842. The lowest BCUT2D eigenvalue weighted by atomic mass is 9.79. The van der Waals surface area contributed by atoms with Crippen molar-refractivity contribution < 1.29 is 14.1 Å². The first-order valence-corrected chi connectivity index (χ1v) is 6.49. The van der Waals surface area contributed by atoms with E-state index in [9.17, 15) is 4.79 Å². The van der Waals surface area contributed by atoms with Gasteiger partial charge in [0.1, 0.15) is 5.60 Å². The van der Waals surface area contributed by atoms with Crippen molar-refractivity contribution in [3.8, 4) is 0 Å². The van der Waals surface area contributed by atoms with Gasteiger partial charge < -0.3 is 9.31 Å². The Bertz CT molecular complexity index is 475. The Hall–Kier alpha value is -1.13. The van der Waals surface area contributed by atoms with Crippen molar-refractivity contribution in [2.45, 2.75) is 44.3 Å². The lowest BCUT2D eigenvalue weighted by molar-refractivity contribution is -0.137. The Balaban J connectivity index is 1.96. The summed E-state index contributed by atoms with van der Waals surface area (Å²) in [5, 5.41) is 0. The molecular formula is C14H17BO3. The second-order valence-corrected chi connectivity index (χ2v) is 5.45. The molecule has 0 bridgehead atoms. The van der Waals surface area contributed by atoms with Crippen molar-refractivity contribution in [3.05, 3.63) is 30.3 Å². The third kappa shape index (κ3) is 1.49. The van der Waals surface area contributed by atoms with Crippen LogP contribution in [0.4, 0.5) is 0 Å². The summed E-state index contributed by atoms with van der Waals surface area (Å²) in [7, 11) is -0.416. The maximum absolute atomic E-state index is 12.0. The number of ketones is 1. The van der Waals surface area contributed by atoms with Gasteiger partial charge in [0, 0.05) is 0 Å². The molecule has 1 aliphatic heterocycles. The number of carbonyl (C=O) groups excluding carboxylic acids is 1. The van der Waals surface area contributed by atoms with Crippen LogP contribution in [0.3, 0.4) is 0 Å². The van der Waals surface area contributed by atoms with Gasteiger partial charge in [-0.2, -0.15) is 0 Å². The van der Waals surface area contributed by atoms with Gasteiger partial charge in [0.05, 0.1) is 5.60 Å². The minimum atomic E-state index is -0.743. The zero-order chi connectivity index (χ0) is 12.8. The summed E-state index contributed by atoms with van der Waals surface area (Å²) >= 11 is 0. The van der Waals surface area contributed by atoms with E-state index < -0.39 is 18.3 Å². The number of Topliss-reactive ketones (excluding diaryl/α,β-unsaturated/α-hetero) is 1. The van der Waals surface area contributed by atoms with Crippen LogP contribution >= 0.6 is 0 Å². The Morgan fingerprint density at radius 3 is 2.56 bits per heavy atom. The molecule has 0 aromatic heterocycles. The van der Waals surface area contributed by atoms with Crippen molar-refractivity contribution in [1.82, 2.24) is 0 Å². The molecule has 2 aliphatic rings. The lowest BCUT2D eigenvalue weighted by Crippen LogP contribution is -2.50. The van der Waals surface area contributed by atoms with Gasteiger partial charge in [0.25, 0.3) is 0 Å². The number of rotatable bonds is 2. The van der Waals surface area contributed by atoms with Crippen LogP contribution in [-0.2, 0) is 14.1 Å². The first kappa shape index (κ1) is 11.9. The molecule has 3 nitrogen and oxygen atoms in total. The molecule has 94 valence electrons. The number of hydrogen-bond acceptors (Lipinski definition) is 3. The molecular weight excluding hydrogens is 227 g/mol. The van der Waals surface area contributed by atoms with Crippen LogP contribution in [0.2, 0.25) is 0 Å². The van der Waals surface area contributed by atoms with Gasteiger partial charge >= 0.3 is 7.12 Å². The zero-order valence-corrected chi connectivity index (χ0v) is 10.8. The van der Waals surface area contributed by atoms with Crippen LogP contribution < -0.4 is 5.46 Å². The zero-order valence-electron chi connectivity index (χ0n) is 10.8. The third-order valence-electron chi connectivity index (χ3n) is 4.35. The summed E-state index contributed by atoms with van der Waals surface area (Å²) in [5.74, 6) is 0.0842. The molecule has 1 aliphatic carbocycles. The fourth-order valence-corrected chi connectivity index (χ4v) is 3.30. The smallest absolute Gasteiger partial charge is 0.399 e. The number of fused-ring (bicyclic) bond motifs is 1. The summed E-state index contributed by atoms with van der Waals surface area (Å²) in [5.41, 5.74) is -0.235. The van der Waals surface area contributed by atoms with Crippen molar-refractivity contribution in [2.75, 3.05) is 0 Å². The van der Waals surface area contributed by atoms with Gasteiger partial charge in [-0.25, -0.2) is 0 Å². The molecule has 2 atom stereocenters. The molecule has 0 N–H and O–H groups in total. The van der Waals surface area contributed by atoms with Crippen molar-refractivity contribution >= 4 is 18.4 Å². The largest absolute Gasteiger partial charge is 0.495 e. The third-order valence-corrected chi connectivity index (χ3v) is 4.35. The Kier molecular flexibility index (Phi) is 2.61. The predicted octanol–water partition coefficient (Wildman–Crippen LogP) is 1.70. The van der Waals surface area contributed by atoms with E-state index in [0.29, 0.717) is 0 Å². The van der Waals surface area contributed by atoms with Crippen molar-refractivity contribution in [1.29, 1.82) is 0 Å². The fourth-order valence-electron chi connectivity index (χ4n) is 3.30. The molecule has 1 heterocycles. The van der Waals surface area contributed by atoms with Gasteiger partial charge in [0.2, 0.25) is 0 Å². The molecule has 0 spiro atoms. The average Bonchev–Trinajstić information content (AvgIpc) is 2.81. The van der Waals surface area contributed by atoms with Crippen LogP contribution in [-0.4, -0.2) is 24.1 Å². The molecule has 0 unspecified atom stereocenters. The first-order chi connectivity index (χ1) is 8.57. The van der Waals surface area contributed by atoms with Gasteiger partial charge in [0.15, 0.2) is 5.78 Å². The lowest BCUT2D eigenvalue weighted by Gasteiger charge is -2.33. The summed E-state index contributed by atoms with van der Waals surface area (Å²) in [6.07, 6.45) is 2.63. The van der Waals surface area contributed by atoms with E-state index in [0.717, 1.165) is 24.7 Å². The van der Waals surface area contributed by atoms with E-state index >= 15 is 0 Å². The number of hydrogen-bond donors (Lipinski definition) is 0. The Morgan fingerprint density at radius 1 is 1.22 bits per heavy atom.